The van der Waals surface area contributed by atoms with Gasteiger partial charge in [-0.3, -0.25) is 4.79 Å². The molecule has 82 valence electrons. The van der Waals surface area contributed by atoms with Gasteiger partial charge in [-0.05, 0) is 31.1 Å². The summed E-state index contributed by atoms with van der Waals surface area (Å²) in [4.78, 5) is 11.3. The molecular formula is C11H22N2O. The number of hydrogen-bond donors (Lipinski definition) is 2. The van der Waals surface area contributed by atoms with E-state index < -0.39 is 0 Å². The second-order valence-corrected chi connectivity index (χ2v) is 4.84. The molecule has 1 aliphatic carbocycles. The first-order valence-corrected chi connectivity index (χ1v) is 5.60. The summed E-state index contributed by atoms with van der Waals surface area (Å²) in [6.07, 6.45) is 3.99. The van der Waals surface area contributed by atoms with Gasteiger partial charge in [-0.15, -0.1) is 0 Å². The number of nitrogens with one attached hydrogen (secondary N) is 1. The highest BCUT2D eigenvalue weighted by Gasteiger charge is 2.21. The van der Waals surface area contributed by atoms with E-state index in [2.05, 4.69) is 19.2 Å². The van der Waals surface area contributed by atoms with Gasteiger partial charge in [0.1, 0.15) is 0 Å². The normalized spacial score (nSPS) is 26.9. The van der Waals surface area contributed by atoms with Crippen LogP contribution in [0, 0.1) is 11.8 Å². The maximum absolute atomic E-state index is 11.3. The van der Waals surface area contributed by atoms with Gasteiger partial charge in [0.2, 0.25) is 5.91 Å². The minimum atomic E-state index is 0.181. The summed E-state index contributed by atoms with van der Waals surface area (Å²) in [6, 6.07) is 0.363. The summed E-state index contributed by atoms with van der Waals surface area (Å²) < 4.78 is 0. The third kappa shape index (κ3) is 4.09. The topological polar surface area (TPSA) is 55.1 Å². The van der Waals surface area contributed by atoms with E-state index in [1.165, 1.54) is 6.42 Å². The van der Waals surface area contributed by atoms with Crippen molar-refractivity contribution in [2.24, 2.45) is 17.6 Å². The average Bonchev–Trinajstić information content (AvgIpc) is 2.47. The van der Waals surface area contributed by atoms with E-state index in [0.717, 1.165) is 19.4 Å². The van der Waals surface area contributed by atoms with Gasteiger partial charge in [0, 0.05) is 19.0 Å². The predicted octanol–water partition coefficient (Wildman–Crippen LogP) is 1.28. The third-order valence-electron chi connectivity index (χ3n) is 2.76. The lowest BCUT2D eigenvalue weighted by Gasteiger charge is -2.11. The van der Waals surface area contributed by atoms with Crippen LogP contribution in [0.2, 0.25) is 0 Å². The Labute approximate surface area is 86.4 Å². The van der Waals surface area contributed by atoms with Gasteiger partial charge in [-0.25, -0.2) is 0 Å². The SMILES string of the molecule is CC(C)CC(=O)NCC1CCC(N)C1. The minimum absolute atomic E-state index is 0.181. The molecule has 1 aliphatic rings. The number of carbonyl (C=O) groups excluding carboxylic acids is 1. The molecule has 0 heterocycles. The van der Waals surface area contributed by atoms with Crippen LogP contribution in [0.1, 0.15) is 39.5 Å². The van der Waals surface area contributed by atoms with Crippen LogP contribution in [-0.2, 0) is 4.79 Å². The van der Waals surface area contributed by atoms with Crippen LogP contribution < -0.4 is 11.1 Å². The Kier molecular flexibility index (Phi) is 4.39. The van der Waals surface area contributed by atoms with Crippen LogP contribution in [-0.4, -0.2) is 18.5 Å². The lowest BCUT2D eigenvalue weighted by molar-refractivity contribution is -0.121. The fraction of sp³-hybridized carbons (Fsp3) is 0.909. The van der Waals surface area contributed by atoms with Gasteiger partial charge in [0.25, 0.3) is 0 Å². The second kappa shape index (κ2) is 5.35. The first-order chi connectivity index (χ1) is 6.58. The first kappa shape index (κ1) is 11.5. The Bertz CT molecular complexity index is 192. The van der Waals surface area contributed by atoms with E-state index in [1.807, 2.05) is 0 Å². The molecule has 1 saturated carbocycles. The second-order valence-electron chi connectivity index (χ2n) is 4.84. The molecule has 3 N–H and O–H groups in total. The molecule has 2 atom stereocenters. The van der Waals surface area contributed by atoms with Crippen molar-refractivity contribution in [1.29, 1.82) is 0 Å². The number of hydrogen-bond acceptors (Lipinski definition) is 2. The first-order valence-electron chi connectivity index (χ1n) is 5.60. The van der Waals surface area contributed by atoms with E-state index in [0.29, 0.717) is 24.3 Å². The Morgan fingerprint density at radius 3 is 2.71 bits per heavy atom. The van der Waals surface area contributed by atoms with Crippen molar-refractivity contribution in [2.75, 3.05) is 6.54 Å². The highest BCUT2D eigenvalue weighted by molar-refractivity contribution is 5.76. The highest BCUT2D eigenvalue weighted by Crippen LogP contribution is 2.23. The molecule has 2 unspecified atom stereocenters. The van der Waals surface area contributed by atoms with Crippen molar-refractivity contribution in [3.8, 4) is 0 Å². The summed E-state index contributed by atoms with van der Waals surface area (Å²) in [7, 11) is 0. The van der Waals surface area contributed by atoms with Crippen LogP contribution in [0.5, 0.6) is 0 Å². The molecule has 0 aromatic carbocycles. The van der Waals surface area contributed by atoms with E-state index in [9.17, 15) is 4.79 Å². The molecule has 0 aliphatic heterocycles. The van der Waals surface area contributed by atoms with Crippen LogP contribution in [0.15, 0.2) is 0 Å². The van der Waals surface area contributed by atoms with Gasteiger partial charge in [0.05, 0.1) is 0 Å². The zero-order valence-electron chi connectivity index (χ0n) is 9.25. The fourth-order valence-corrected chi connectivity index (χ4v) is 2.00. The summed E-state index contributed by atoms with van der Waals surface area (Å²) in [5.74, 6) is 1.24. The van der Waals surface area contributed by atoms with Crippen LogP contribution >= 0.6 is 0 Å². The quantitative estimate of drug-likeness (QED) is 0.715. The van der Waals surface area contributed by atoms with Crippen molar-refractivity contribution in [2.45, 2.75) is 45.6 Å². The van der Waals surface area contributed by atoms with Gasteiger partial charge < -0.3 is 11.1 Å². The Balaban J connectivity index is 2.11. The Morgan fingerprint density at radius 2 is 2.21 bits per heavy atom. The van der Waals surface area contributed by atoms with Crippen LogP contribution in [0.25, 0.3) is 0 Å². The molecule has 3 heteroatoms. The van der Waals surface area contributed by atoms with Crippen LogP contribution in [0.3, 0.4) is 0 Å². The monoisotopic (exact) mass is 198 g/mol. The summed E-state index contributed by atoms with van der Waals surface area (Å²) in [5, 5.41) is 2.98. The molecule has 0 aromatic heterocycles. The molecule has 0 saturated heterocycles. The van der Waals surface area contributed by atoms with Crippen molar-refractivity contribution in [3.05, 3.63) is 0 Å². The summed E-state index contributed by atoms with van der Waals surface area (Å²) >= 11 is 0. The lowest BCUT2D eigenvalue weighted by Crippen LogP contribution is -2.29. The molecule has 0 radical (unpaired) electrons. The summed E-state index contributed by atoms with van der Waals surface area (Å²) in [6.45, 7) is 4.94. The van der Waals surface area contributed by atoms with Gasteiger partial charge in [-0.1, -0.05) is 13.8 Å². The largest absolute Gasteiger partial charge is 0.356 e. The Hall–Kier alpha value is -0.570. The molecule has 0 spiro atoms. The fourth-order valence-electron chi connectivity index (χ4n) is 2.00. The van der Waals surface area contributed by atoms with Gasteiger partial charge >= 0.3 is 0 Å². The zero-order chi connectivity index (χ0) is 10.6. The number of amides is 1. The average molecular weight is 198 g/mol. The molecule has 0 aromatic rings. The third-order valence-corrected chi connectivity index (χ3v) is 2.76. The standard InChI is InChI=1S/C11H22N2O/c1-8(2)5-11(14)13-7-9-3-4-10(12)6-9/h8-10H,3-7,12H2,1-2H3,(H,13,14). The highest BCUT2D eigenvalue weighted by atomic mass is 16.1. The van der Waals surface area contributed by atoms with E-state index in [-0.39, 0.29) is 5.91 Å². The molecule has 3 nitrogen and oxygen atoms in total. The van der Waals surface area contributed by atoms with Crippen LogP contribution in [0.4, 0.5) is 0 Å². The predicted molar refractivity (Wildman–Crippen MR) is 57.8 cm³/mol. The van der Waals surface area contributed by atoms with Gasteiger partial charge in [-0.2, -0.15) is 0 Å². The van der Waals surface area contributed by atoms with Gasteiger partial charge in [0.15, 0.2) is 0 Å². The molecular weight excluding hydrogens is 176 g/mol. The number of rotatable bonds is 4. The Morgan fingerprint density at radius 1 is 1.50 bits per heavy atom. The minimum Gasteiger partial charge on any atom is -0.356 e. The maximum Gasteiger partial charge on any atom is 0.220 e. The smallest absolute Gasteiger partial charge is 0.220 e. The molecule has 1 fully saturated rings. The van der Waals surface area contributed by atoms with E-state index in [4.69, 9.17) is 5.73 Å². The molecule has 1 amide bonds. The lowest BCUT2D eigenvalue weighted by atomic mass is 10.1. The number of carbonyl (C=O) groups is 1. The van der Waals surface area contributed by atoms with Crippen molar-refractivity contribution in [1.82, 2.24) is 5.32 Å². The number of nitrogens with two attached hydrogens (primary N) is 1. The molecule has 1 rings (SSSR count). The maximum atomic E-state index is 11.3. The van der Waals surface area contributed by atoms with Crippen molar-refractivity contribution < 1.29 is 4.79 Å². The van der Waals surface area contributed by atoms with E-state index >= 15 is 0 Å². The zero-order valence-corrected chi connectivity index (χ0v) is 9.25. The van der Waals surface area contributed by atoms with Crippen molar-refractivity contribution >= 4 is 5.91 Å². The summed E-state index contributed by atoms with van der Waals surface area (Å²) in [5.41, 5.74) is 5.80. The van der Waals surface area contributed by atoms with E-state index in [1.54, 1.807) is 0 Å². The molecule has 0 bridgehead atoms. The van der Waals surface area contributed by atoms with Crippen molar-refractivity contribution in [3.63, 3.8) is 0 Å². The molecule has 14 heavy (non-hydrogen) atoms.